The first kappa shape index (κ1) is 17.4. The van der Waals surface area contributed by atoms with Crippen molar-refractivity contribution < 1.29 is 9.63 Å². The zero-order valence-corrected chi connectivity index (χ0v) is 14.0. The fourth-order valence-electron chi connectivity index (χ4n) is 3.47. The predicted molar refractivity (Wildman–Crippen MR) is 91.6 cm³/mol. The SMILES string of the molecule is N#CCN(CC(O)Cn1c(-c2ccccc2)noc1=O)C1CCCC1. The highest BCUT2D eigenvalue weighted by Crippen LogP contribution is 2.23. The highest BCUT2D eigenvalue weighted by atomic mass is 16.5. The Bertz CT molecular complexity index is 772. The number of aromatic nitrogens is 2. The predicted octanol–water partition coefficient (Wildman–Crippen LogP) is 1.63. The van der Waals surface area contributed by atoms with Gasteiger partial charge in [0.05, 0.1) is 25.3 Å². The molecule has 0 radical (unpaired) electrons. The number of aliphatic hydroxyl groups is 1. The minimum Gasteiger partial charge on any atom is -0.390 e. The molecule has 1 unspecified atom stereocenters. The van der Waals surface area contributed by atoms with Crippen LogP contribution < -0.4 is 5.76 Å². The Hall–Kier alpha value is -2.43. The van der Waals surface area contributed by atoms with Crippen LogP contribution in [0.25, 0.3) is 11.4 Å². The van der Waals surface area contributed by atoms with E-state index in [0.717, 1.165) is 31.2 Å². The zero-order valence-electron chi connectivity index (χ0n) is 14.0. The van der Waals surface area contributed by atoms with Crippen molar-refractivity contribution in [1.29, 1.82) is 5.26 Å². The largest absolute Gasteiger partial charge is 0.441 e. The van der Waals surface area contributed by atoms with Gasteiger partial charge in [-0.1, -0.05) is 48.3 Å². The molecule has 0 aliphatic heterocycles. The van der Waals surface area contributed by atoms with Gasteiger partial charge in [-0.05, 0) is 12.8 Å². The van der Waals surface area contributed by atoms with Crippen LogP contribution in [-0.2, 0) is 6.54 Å². The van der Waals surface area contributed by atoms with Crippen molar-refractivity contribution in [2.24, 2.45) is 0 Å². The van der Waals surface area contributed by atoms with Crippen LogP contribution >= 0.6 is 0 Å². The number of aliphatic hydroxyl groups excluding tert-OH is 1. The van der Waals surface area contributed by atoms with Crippen LogP contribution in [0.5, 0.6) is 0 Å². The van der Waals surface area contributed by atoms with E-state index in [4.69, 9.17) is 9.78 Å². The topological polar surface area (TPSA) is 95.3 Å². The monoisotopic (exact) mass is 342 g/mol. The van der Waals surface area contributed by atoms with Gasteiger partial charge in [0.2, 0.25) is 0 Å². The maximum atomic E-state index is 12.0. The third kappa shape index (κ3) is 4.16. The van der Waals surface area contributed by atoms with E-state index in [2.05, 4.69) is 11.2 Å². The van der Waals surface area contributed by atoms with Crippen LogP contribution in [0.2, 0.25) is 0 Å². The molecule has 1 heterocycles. The van der Waals surface area contributed by atoms with Gasteiger partial charge >= 0.3 is 5.76 Å². The molecular formula is C18H22N4O3. The number of hydrogen-bond acceptors (Lipinski definition) is 6. The lowest BCUT2D eigenvalue weighted by atomic mass is 10.2. The highest BCUT2D eigenvalue weighted by molar-refractivity contribution is 5.54. The number of nitrogens with zero attached hydrogens (tertiary/aromatic N) is 4. The lowest BCUT2D eigenvalue weighted by Gasteiger charge is -2.28. The third-order valence-electron chi connectivity index (χ3n) is 4.67. The van der Waals surface area contributed by atoms with Crippen molar-refractivity contribution in [2.45, 2.75) is 44.4 Å². The molecule has 1 saturated carbocycles. The van der Waals surface area contributed by atoms with E-state index in [9.17, 15) is 9.90 Å². The van der Waals surface area contributed by atoms with Crippen molar-refractivity contribution in [3.05, 3.63) is 40.9 Å². The van der Waals surface area contributed by atoms with E-state index in [0.29, 0.717) is 18.4 Å². The molecule has 0 amide bonds. The Morgan fingerprint density at radius 3 is 2.76 bits per heavy atom. The Kier molecular flexibility index (Phi) is 5.64. The van der Waals surface area contributed by atoms with Crippen molar-refractivity contribution in [3.8, 4) is 17.5 Å². The average molecular weight is 342 g/mol. The van der Waals surface area contributed by atoms with Gasteiger partial charge in [-0.2, -0.15) is 5.26 Å². The maximum absolute atomic E-state index is 12.0. The summed E-state index contributed by atoms with van der Waals surface area (Å²) in [6.45, 7) is 0.719. The summed E-state index contributed by atoms with van der Waals surface area (Å²) in [5.41, 5.74) is 0.755. The fourth-order valence-corrected chi connectivity index (χ4v) is 3.47. The first-order valence-electron chi connectivity index (χ1n) is 8.60. The number of benzene rings is 1. The molecule has 132 valence electrons. The first-order valence-corrected chi connectivity index (χ1v) is 8.60. The molecule has 1 atom stereocenters. The van der Waals surface area contributed by atoms with Gasteiger partial charge < -0.3 is 5.11 Å². The average Bonchev–Trinajstić information content (AvgIpc) is 3.26. The minimum absolute atomic E-state index is 0.0845. The molecule has 0 bridgehead atoms. The van der Waals surface area contributed by atoms with Crippen LogP contribution in [0.15, 0.2) is 39.6 Å². The molecular weight excluding hydrogens is 320 g/mol. The second kappa shape index (κ2) is 8.10. The molecule has 1 fully saturated rings. The Balaban J connectivity index is 1.72. The summed E-state index contributed by atoms with van der Waals surface area (Å²) in [5, 5.41) is 23.4. The Morgan fingerprint density at radius 2 is 2.08 bits per heavy atom. The molecule has 2 aromatic rings. The van der Waals surface area contributed by atoms with Crippen LogP contribution in [0, 0.1) is 11.3 Å². The number of rotatable bonds is 7. The Morgan fingerprint density at radius 1 is 1.36 bits per heavy atom. The van der Waals surface area contributed by atoms with E-state index in [1.54, 1.807) is 0 Å². The molecule has 1 aliphatic rings. The molecule has 7 nitrogen and oxygen atoms in total. The lowest BCUT2D eigenvalue weighted by Crippen LogP contribution is -2.41. The molecule has 1 aliphatic carbocycles. The van der Waals surface area contributed by atoms with Gasteiger partial charge in [0, 0.05) is 18.2 Å². The summed E-state index contributed by atoms with van der Waals surface area (Å²) in [7, 11) is 0. The van der Waals surface area contributed by atoms with Crippen LogP contribution in [0.3, 0.4) is 0 Å². The van der Waals surface area contributed by atoms with Crippen molar-refractivity contribution in [2.75, 3.05) is 13.1 Å². The first-order chi connectivity index (χ1) is 12.2. The molecule has 0 spiro atoms. The lowest BCUT2D eigenvalue weighted by molar-refractivity contribution is 0.0829. The van der Waals surface area contributed by atoms with Crippen LogP contribution in [0.1, 0.15) is 25.7 Å². The van der Waals surface area contributed by atoms with Crippen molar-refractivity contribution in [1.82, 2.24) is 14.6 Å². The van der Waals surface area contributed by atoms with Crippen LogP contribution in [-0.4, -0.2) is 45.0 Å². The van der Waals surface area contributed by atoms with Gasteiger partial charge in [-0.15, -0.1) is 0 Å². The van der Waals surface area contributed by atoms with Gasteiger partial charge in [-0.3, -0.25) is 14.0 Å². The van der Waals surface area contributed by atoms with Gasteiger partial charge in [-0.25, -0.2) is 4.79 Å². The zero-order chi connectivity index (χ0) is 17.6. The van der Waals surface area contributed by atoms with E-state index >= 15 is 0 Å². The van der Waals surface area contributed by atoms with E-state index in [1.165, 1.54) is 4.57 Å². The second-order valence-electron chi connectivity index (χ2n) is 6.43. The van der Waals surface area contributed by atoms with Gasteiger partial charge in [0.25, 0.3) is 0 Å². The summed E-state index contributed by atoms with van der Waals surface area (Å²) in [4.78, 5) is 14.0. The second-order valence-corrected chi connectivity index (χ2v) is 6.43. The molecule has 7 heteroatoms. The standard InChI is InChI=1S/C18H22N4O3/c19-10-11-21(15-8-4-5-9-15)12-16(23)13-22-17(20-25-18(22)24)14-6-2-1-3-7-14/h1-3,6-7,15-16,23H,4-5,8-9,11-13H2. The molecule has 3 rings (SSSR count). The summed E-state index contributed by atoms with van der Waals surface area (Å²) in [5.74, 6) is -0.192. The maximum Gasteiger partial charge on any atom is 0.441 e. The van der Waals surface area contributed by atoms with Crippen molar-refractivity contribution >= 4 is 0 Å². The molecule has 1 aromatic carbocycles. The summed E-state index contributed by atoms with van der Waals surface area (Å²) in [6.07, 6.45) is 3.64. The van der Waals surface area contributed by atoms with Gasteiger partial charge in [0.1, 0.15) is 0 Å². The molecule has 1 N–H and O–H groups in total. The number of nitriles is 1. The summed E-state index contributed by atoms with van der Waals surface area (Å²) < 4.78 is 6.13. The molecule has 0 saturated heterocycles. The smallest absolute Gasteiger partial charge is 0.390 e. The van der Waals surface area contributed by atoms with E-state index in [1.807, 2.05) is 35.2 Å². The highest BCUT2D eigenvalue weighted by Gasteiger charge is 2.25. The normalized spacial score (nSPS) is 16.2. The quantitative estimate of drug-likeness (QED) is 0.769. The minimum atomic E-state index is -0.784. The summed E-state index contributed by atoms with van der Waals surface area (Å²) >= 11 is 0. The fraction of sp³-hybridized carbons (Fsp3) is 0.500. The Labute approximate surface area is 146 Å². The van der Waals surface area contributed by atoms with Crippen LogP contribution in [0.4, 0.5) is 0 Å². The molecule has 25 heavy (non-hydrogen) atoms. The summed E-state index contributed by atoms with van der Waals surface area (Å²) in [6, 6.07) is 11.8. The van der Waals surface area contributed by atoms with E-state index < -0.39 is 11.9 Å². The molecule has 1 aromatic heterocycles. The van der Waals surface area contributed by atoms with Crippen molar-refractivity contribution in [3.63, 3.8) is 0 Å². The third-order valence-corrected chi connectivity index (χ3v) is 4.67. The number of hydrogen-bond donors (Lipinski definition) is 1. The van der Waals surface area contributed by atoms with E-state index in [-0.39, 0.29) is 13.1 Å². The van der Waals surface area contributed by atoms with Gasteiger partial charge in [0.15, 0.2) is 5.82 Å².